The average molecular weight is 302 g/mol. The molecule has 2 aromatic carbocycles. The minimum atomic E-state index is 0.626. The minimum absolute atomic E-state index is 0.626. The van der Waals surface area contributed by atoms with Crippen LogP contribution in [0.25, 0.3) is 0 Å². The molecule has 4 rings (SSSR count). The summed E-state index contributed by atoms with van der Waals surface area (Å²) in [5.41, 5.74) is 4.83. The van der Waals surface area contributed by atoms with Gasteiger partial charge in [-0.1, -0.05) is 36.4 Å². The Morgan fingerprint density at radius 3 is 2.74 bits per heavy atom. The van der Waals surface area contributed by atoms with Crippen LogP contribution in [0.15, 0.2) is 60.8 Å². The van der Waals surface area contributed by atoms with Crippen LogP contribution in [0, 0.1) is 6.92 Å². The molecule has 1 N–H and O–H groups in total. The first kappa shape index (κ1) is 13.8. The molecule has 4 nitrogen and oxygen atoms in total. The molecule has 0 atom stereocenters. The molecule has 1 aliphatic heterocycles. The summed E-state index contributed by atoms with van der Waals surface area (Å²) < 4.78 is 0. The number of fused-ring (bicyclic) bond motifs is 1. The van der Waals surface area contributed by atoms with E-state index in [1.165, 1.54) is 16.8 Å². The van der Waals surface area contributed by atoms with Gasteiger partial charge in [0.1, 0.15) is 5.82 Å². The monoisotopic (exact) mass is 302 g/mol. The standard InChI is InChI=1S/C19H18N4/c1-14-6-2-4-8-16(14)21-19-20-12-10-18(22-19)23-13-11-15-7-3-5-9-17(15)23/h2-10,12H,11,13H2,1H3,(H,20,21,22). The molecule has 114 valence electrons. The number of rotatable bonds is 3. The number of hydrogen-bond donors (Lipinski definition) is 1. The highest BCUT2D eigenvalue weighted by molar-refractivity contribution is 5.68. The molecule has 0 amide bonds. The molecule has 0 spiro atoms. The second kappa shape index (κ2) is 5.72. The minimum Gasteiger partial charge on any atom is -0.326 e. The van der Waals surface area contributed by atoms with E-state index >= 15 is 0 Å². The maximum absolute atomic E-state index is 4.69. The van der Waals surface area contributed by atoms with Crippen LogP contribution in [-0.2, 0) is 6.42 Å². The van der Waals surface area contributed by atoms with Gasteiger partial charge < -0.3 is 10.2 Å². The Labute approximate surface area is 135 Å². The summed E-state index contributed by atoms with van der Waals surface area (Å²) >= 11 is 0. The van der Waals surface area contributed by atoms with E-state index in [1.807, 2.05) is 30.5 Å². The first-order valence-corrected chi connectivity index (χ1v) is 7.82. The Morgan fingerprint density at radius 2 is 1.83 bits per heavy atom. The summed E-state index contributed by atoms with van der Waals surface area (Å²) in [7, 11) is 0. The summed E-state index contributed by atoms with van der Waals surface area (Å²) in [5, 5.41) is 3.31. The average Bonchev–Trinajstić information content (AvgIpc) is 3.01. The van der Waals surface area contributed by atoms with E-state index in [0.717, 1.165) is 24.5 Å². The van der Waals surface area contributed by atoms with Gasteiger partial charge in [-0.15, -0.1) is 0 Å². The maximum Gasteiger partial charge on any atom is 0.229 e. The molecular formula is C19H18N4. The van der Waals surface area contributed by atoms with Gasteiger partial charge in [-0.2, -0.15) is 4.98 Å². The van der Waals surface area contributed by atoms with Crippen LogP contribution in [0.1, 0.15) is 11.1 Å². The Hall–Kier alpha value is -2.88. The van der Waals surface area contributed by atoms with Crippen molar-refractivity contribution in [3.05, 3.63) is 71.9 Å². The molecule has 0 bridgehead atoms. The van der Waals surface area contributed by atoms with Gasteiger partial charge in [-0.05, 0) is 42.7 Å². The molecule has 23 heavy (non-hydrogen) atoms. The zero-order chi connectivity index (χ0) is 15.6. The summed E-state index contributed by atoms with van der Waals surface area (Å²) in [6.07, 6.45) is 2.87. The molecule has 0 unspecified atom stereocenters. The molecule has 0 saturated heterocycles. The zero-order valence-corrected chi connectivity index (χ0v) is 13.0. The summed E-state index contributed by atoms with van der Waals surface area (Å²) in [6.45, 7) is 3.03. The highest BCUT2D eigenvalue weighted by Gasteiger charge is 2.21. The van der Waals surface area contributed by atoms with Gasteiger partial charge in [0.15, 0.2) is 0 Å². The van der Waals surface area contributed by atoms with Crippen molar-refractivity contribution >= 4 is 23.1 Å². The summed E-state index contributed by atoms with van der Waals surface area (Å²) in [5.74, 6) is 1.56. The van der Waals surface area contributed by atoms with Crippen molar-refractivity contribution in [2.75, 3.05) is 16.8 Å². The number of nitrogens with one attached hydrogen (secondary N) is 1. The third kappa shape index (κ3) is 2.63. The predicted octanol–water partition coefficient (Wildman–Crippen LogP) is 4.22. The highest BCUT2D eigenvalue weighted by Crippen LogP contribution is 2.33. The van der Waals surface area contributed by atoms with Crippen LogP contribution in [-0.4, -0.2) is 16.5 Å². The smallest absolute Gasteiger partial charge is 0.229 e. The number of aromatic nitrogens is 2. The van der Waals surface area contributed by atoms with E-state index in [4.69, 9.17) is 4.98 Å². The molecule has 2 heterocycles. The van der Waals surface area contributed by atoms with Crippen molar-refractivity contribution in [3.63, 3.8) is 0 Å². The van der Waals surface area contributed by atoms with Gasteiger partial charge in [0.2, 0.25) is 5.95 Å². The van der Waals surface area contributed by atoms with Gasteiger partial charge in [-0.25, -0.2) is 4.98 Å². The summed E-state index contributed by atoms with van der Waals surface area (Å²) in [6, 6.07) is 18.6. The second-order valence-electron chi connectivity index (χ2n) is 5.71. The lowest BCUT2D eigenvalue weighted by molar-refractivity contribution is 0.966. The number of para-hydroxylation sites is 2. The second-order valence-corrected chi connectivity index (χ2v) is 5.71. The van der Waals surface area contributed by atoms with Gasteiger partial charge in [-0.3, -0.25) is 0 Å². The lowest BCUT2D eigenvalue weighted by Crippen LogP contribution is -2.15. The lowest BCUT2D eigenvalue weighted by atomic mass is 10.2. The number of hydrogen-bond acceptors (Lipinski definition) is 4. The van der Waals surface area contributed by atoms with Crippen molar-refractivity contribution in [2.24, 2.45) is 0 Å². The SMILES string of the molecule is Cc1ccccc1Nc1nccc(N2CCc3ccccc32)n1. The van der Waals surface area contributed by atoms with E-state index < -0.39 is 0 Å². The fraction of sp³-hybridized carbons (Fsp3) is 0.158. The Kier molecular flexibility index (Phi) is 3.42. The fourth-order valence-electron chi connectivity index (χ4n) is 2.97. The third-order valence-electron chi connectivity index (χ3n) is 4.20. The van der Waals surface area contributed by atoms with Gasteiger partial charge in [0.05, 0.1) is 0 Å². The number of benzene rings is 2. The summed E-state index contributed by atoms with van der Waals surface area (Å²) in [4.78, 5) is 11.3. The van der Waals surface area contributed by atoms with Crippen LogP contribution in [0.2, 0.25) is 0 Å². The molecule has 0 fully saturated rings. The first-order chi connectivity index (χ1) is 11.3. The lowest BCUT2D eigenvalue weighted by Gasteiger charge is -2.19. The van der Waals surface area contributed by atoms with Crippen LogP contribution in [0.5, 0.6) is 0 Å². The molecule has 0 saturated carbocycles. The maximum atomic E-state index is 4.69. The van der Waals surface area contributed by atoms with Gasteiger partial charge in [0, 0.05) is 24.1 Å². The quantitative estimate of drug-likeness (QED) is 0.786. The normalized spacial score (nSPS) is 13.0. The molecule has 3 aromatic rings. The molecule has 1 aliphatic rings. The molecule has 4 heteroatoms. The van der Waals surface area contributed by atoms with E-state index in [9.17, 15) is 0 Å². The van der Waals surface area contributed by atoms with Crippen molar-refractivity contribution < 1.29 is 0 Å². The zero-order valence-electron chi connectivity index (χ0n) is 13.0. The molecule has 0 aliphatic carbocycles. The van der Waals surface area contributed by atoms with E-state index in [0.29, 0.717) is 5.95 Å². The molecule has 0 radical (unpaired) electrons. The van der Waals surface area contributed by atoms with E-state index in [1.54, 1.807) is 0 Å². The third-order valence-corrected chi connectivity index (χ3v) is 4.20. The van der Waals surface area contributed by atoms with Crippen molar-refractivity contribution in [3.8, 4) is 0 Å². The van der Waals surface area contributed by atoms with Crippen LogP contribution >= 0.6 is 0 Å². The van der Waals surface area contributed by atoms with Crippen molar-refractivity contribution in [2.45, 2.75) is 13.3 Å². The van der Waals surface area contributed by atoms with Gasteiger partial charge in [0.25, 0.3) is 0 Å². The topological polar surface area (TPSA) is 41.1 Å². The molecular weight excluding hydrogens is 284 g/mol. The van der Waals surface area contributed by atoms with Gasteiger partial charge >= 0.3 is 0 Å². The van der Waals surface area contributed by atoms with Crippen LogP contribution in [0.4, 0.5) is 23.1 Å². The Balaban J connectivity index is 1.64. The highest BCUT2D eigenvalue weighted by atomic mass is 15.2. The van der Waals surface area contributed by atoms with Crippen molar-refractivity contribution in [1.29, 1.82) is 0 Å². The first-order valence-electron chi connectivity index (χ1n) is 7.82. The van der Waals surface area contributed by atoms with Crippen LogP contribution in [0.3, 0.4) is 0 Å². The predicted molar refractivity (Wildman–Crippen MR) is 93.6 cm³/mol. The van der Waals surface area contributed by atoms with Crippen molar-refractivity contribution in [1.82, 2.24) is 9.97 Å². The molecule has 1 aromatic heterocycles. The van der Waals surface area contributed by atoms with E-state index in [2.05, 4.69) is 52.5 Å². The largest absolute Gasteiger partial charge is 0.326 e. The van der Waals surface area contributed by atoms with Crippen LogP contribution < -0.4 is 10.2 Å². The number of anilines is 4. The Bertz CT molecular complexity index is 844. The Morgan fingerprint density at radius 1 is 1.00 bits per heavy atom. The fourth-order valence-corrected chi connectivity index (χ4v) is 2.97. The number of aryl methyl sites for hydroxylation is 1. The number of nitrogens with zero attached hydrogens (tertiary/aromatic N) is 3. The van der Waals surface area contributed by atoms with E-state index in [-0.39, 0.29) is 0 Å².